The van der Waals surface area contributed by atoms with Crippen molar-refractivity contribution in [3.05, 3.63) is 59.7 Å². The summed E-state index contributed by atoms with van der Waals surface area (Å²) in [6, 6.07) is 10.7. The second kappa shape index (κ2) is 6.25. The van der Waals surface area contributed by atoms with Gasteiger partial charge in [0.1, 0.15) is 11.5 Å². The quantitative estimate of drug-likeness (QED) is 0.784. The van der Waals surface area contributed by atoms with Crippen molar-refractivity contribution < 1.29 is 14.7 Å². The van der Waals surface area contributed by atoms with E-state index in [1.807, 2.05) is 35.9 Å². The minimum absolute atomic E-state index is 0.0742. The second-order valence-corrected chi connectivity index (χ2v) is 6.41. The molecule has 1 atom stereocenters. The molecule has 7 nitrogen and oxygen atoms in total. The van der Waals surface area contributed by atoms with Gasteiger partial charge in [0.25, 0.3) is 5.91 Å². The Bertz CT molecular complexity index is 994. The minimum Gasteiger partial charge on any atom is -0.477 e. The Kier molecular flexibility index (Phi) is 3.91. The summed E-state index contributed by atoms with van der Waals surface area (Å²) in [4.78, 5) is 34.3. The highest BCUT2D eigenvalue weighted by Gasteiger charge is 2.33. The first-order valence-corrected chi connectivity index (χ1v) is 8.48. The standard InChI is InChI=1S/C19H18N4O3/c1-22-15-6-3-2-5-13(15)21-17(22)16-7-4-10-23(16)18(24)12-8-9-14(19(25)26)20-11-12/h2-3,5-6,8-9,11,16H,4,7,10H2,1H3,(H,25,26). The zero-order valence-corrected chi connectivity index (χ0v) is 14.3. The summed E-state index contributed by atoms with van der Waals surface area (Å²) in [6.07, 6.45) is 3.08. The summed E-state index contributed by atoms with van der Waals surface area (Å²) >= 11 is 0. The third-order valence-electron chi connectivity index (χ3n) is 4.86. The fourth-order valence-corrected chi connectivity index (χ4v) is 3.55. The van der Waals surface area contributed by atoms with Gasteiger partial charge >= 0.3 is 5.97 Å². The first-order chi connectivity index (χ1) is 12.6. The van der Waals surface area contributed by atoms with Gasteiger partial charge in [0.05, 0.1) is 22.6 Å². The number of carbonyl (C=O) groups excluding carboxylic acids is 1. The van der Waals surface area contributed by atoms with E-state index in [-0.39, 0.29) is 17.6 Å². The Balaban J connectivity index is 1.66. The largest absolute Gasteiger partial charge is 0.477 e. The van der Waals surface area contributed by atoms with E-state index in [9.17, 15) is 9.59 Å². The normalized spacial score (nSPS) is 17.0. The third-order valence-corrected chi connectivity index (χ3v) is 4.86. The van der Waals surface area contributed by atoms with Crippen molar-refractivity contribution in [2.75, 3.05) is 6.54 Å². The van der Waals surface area contributed by atoms with Crippen molar-refractivity contribution in [3.63, 3.8) is 0 Å². The van der Waals surface area contributed by atoms with Crippen LogP contribution in [0.25, 0.3) is 11.0 Å². The number of nitrogens with zero attached hydrogens (tertiary/aromatic N) is 4. The number of benzene rings is 1. The van der Waals surface area contributed by atoms with Gasteiger partial charge < -0.3 is 14.6 Å². The van der Waals surface area contributed by atoms with E-state index in [1.165, 1.54) is 18.3 Å². The van der Waals surface area contributed by atoms with Gasteiger partial charge in [-0.05, 0) is 37.1 Å². The van der Waals surface area contributed by atoms with Crippen LogP contribution >= 0.6 is 0 Å². The van der Waals surface area contributed by atoms with Gasteiger partial charge in [-0.1, -0.05) is 12.1 Å². The fourth-order valence-electron chi connectivity index (χ4n) is 3.55. The van der Waals surface area contributed by atoms with Crippen molar-refractivity contribution in [2.45, 2.75) is 18.9 Å². The second-order valence-electron chi connectivity index (χ2n) is 6.41. The van der Waals surface area contributed by atoms with E-state index in [0.717, 1.165) is 29.7 Å². The molecule has 4 rings (SSSR count). The van der Waals surface area contributed by atoms with Crippen LogP contribution < -0.4 is 0 Å². The van der Waals surface area contributed by atoms with Crippen LogP contribution in [0.3, 0.4) is 0 Å². The number of hydrogen-bond acceptors (Lipinski definition) is 4. The highest BCUT2D eigenvalue weighted by atomic mass is 16.4. The molecule has 1 aliphatic rings. The van der Waals surface area contributed by atoms with Crippen LogP contribution in [0.5, 0.6) is 0 Å². The smallest absolute Gasteiger partial charge is 0.354 e. The lowest BCUT2D eigenvalue weighted by atomic mass is 10.1. The number of aromatic nitrogens is 3. The van der Waals surface area contributed by atoms with Gasteiger partial charge in [0.2, 0.25) is 0 Å². The number of rotatable bonds is 3. The van der Waals surface area contributed by atoms with E-state index < -0.39 is 5.97 Å². The molecule has 0 radical (unpaired) electrons. The van der Waals surface area contributed by atoms with Crippen molar-refractivity contribution in [1.82, 2.24) is 19.4 Å². The summed E-state index contributed by atoms with van der Waals surface area (Å²) in [5, 5.41) is 8.95. The molecule has 1 fully saturated rings. The van der Waals surface area contributed by atoms with Gasteiger partial charge in [-0.15, -0.1) is 0 Å². The summed E-state index contributed by atoms with van der Waals surface area (Å²) in [6.45, 7) is 0.646. The fraction of sp³-hybridized carbons (Fsp3) is 0.263. The summed E-state index contributed by atoms with van der Waals surface area (Å²) in [5.74, 6) is -0.390. The molecule has 0 saturated carbocycles. The van der Waals surface area contributed by atoms with Crippen LogP contribution in [0.4, 0.5) is 0 Å². The van der Waals surface area contributed by atoms with Crippen LogP contribution in [0.1, 0.15) is 45.6 Å². The van der Waals surface area contributed by atoms with Crippen molar-refractivity contribution in [2.24, 2.45) is 7.05 Å². The maximum absolute atomic E-state index is 12.9. The Labute approximate surface area is 149 Å². The Morgan fingerprint density at radius 3 is 2.69 bits per heavy atom. The SMILES string of the molecule is Cn1c(C2CCCN2C(=O)c2ccc(C(=O)O)nc2)nc2ccccc21. The van der Waals surface area contributed by atoms with E-state index in [2.05, 4.69) is 4.98 Å². The molecule has 1 aromatic carbocycles. The number of hydrogen-bond donors (Lipinski definition) is 1. The third kappa shape index (κ3) is 2.61. The van der Waals surface area contributed by atoms with E-state index in [1.54, 1.807) is 4.90 Å². The van der Waals surface area contributed by atoms with Gasteiger partial charge in [0.15, 0.2) is 0 Å². The molecule has 3 aromatic rings. The number of likely N-dealkylation sites (tertiary alicyclic amines) is 1. The molecule has 0 bridgehead atoms. The lowest BCUT2D eigenvalue weighted by Crippen LogP contribution is -2.32. The Morgan fingerprint density at radius 1 is 1.19 bits per heavy atom. The van der Waals surface area contributed by atoms with E-state index >= 15 is 0 Å². The van der Waals surface area contributed by atoms with Crippen molar-refractivity contribution >= 4 is 22.9 Å². The van der Waals surface area contributed by atoms with Gasteiger partial charge in [-0.2, -0.15) is 0 Å². The average Bonchev–Trinajstić information content (AvgIpc) is 3.26. The number of pyridine rings is 1. The molecule has 3 heterocycles. The van der Waals surface area contributed by atoms with Crippen molar-refractivity contribution in [1.29, 1.82) is 0 Å². The molecule has 1 amide bonds. The number of carbonyl (C=O) groups is 2. The molecule has 26 heavy (non-hydrogen) atoms. The van der Waals surface area contributed by atoms with Crippen LogP contribution in [0.2, 0.25) is 0 Å². The average molecular weight is 350 g/mol. The van der Waals surface area contributed by atoms with Gasteiger partial charge in [-0.3, -0.25) is 4.79 Å². The molecule has 1 N–H and O–H groups in total. The molecular formula is C19H18N4O3. The predicted molar refractivity (Wildman–Crippen MR) is 94.9 cm³/mol. The van der Waals surface area contributed by atoms with Gasteiger partial charge in [-0.25, -0.2) is 14.8 Å². The number of para-hydroxylation sites is 2. The number of carboxylic acids is 1. The molecule has 1 saturated heterocycles. The maximum atomic E-state index is 12.9. The molecule has 1 aliphatic heterocycles. The predicted octanol–water partition coefficient (Wildman–Crippen LogP) is 2.64. The Hall–Kier alpha value is -3.22. The zero-order valence-electron chi connectivity index (χ0n) is 14.3. The highest BCUT2D eigenvalue weighted by molar-refractivity contribution is 5.95. The Morgan fingerprint density at radius 2 is 2.00 bits per heavy atom. The molecule has 1 unspecified atom stereocenters. The molecular weight excluding hydrogens is 332 g/mol. The van der Waals surface area contributed by atoms with E-state index in [4.69, 9.17) is 10.1 Å². The van der Waals surface area contributed by atoms with E-state index in [0.29, 0.717) is 12.1 Å². The number of fused-ring (bicyclic) bond motifs is 1. The number of amides is 1. The first-order valence-electron chi connectivity index (χ1n) is 8.48. The number of aromatic carboxylic acids is 1. The summed E-state index contributed by atoms with van der Waals surface area (Å²) in [5.41, 5.74) is 2.27. The van der Waals surface area contributed by atoms with Gasteiger partial charge in [0, 0.05) is 19.8 Å². The molecule has 2 aromatic heterocycles. The number of imidazole rings is 1. The maximum Gasteiger partial charge on any atom is 0.354 e. The highest BCUT2D eigenvalue weighted by Crippen LogP contribution is 2.33. The molecule has 7 heteroatoms. The minimum atomic E-state index is -1.11. The lowest BCUT2D eigenvalue weighted by Gasteiger charge is -2.24. The lowest BCUT2D eigenvalue weighted by molar-refractivity contribution is 0.0685. The van der Waals surface area contributed by atoms with Crippen LogP contribution in [-0.4, -0.2) is 43.0 Å². The monoisotopic (exact) mass is 350 g/mol. The first kappa shape index (κ1) is 16.3. The summed E-state index contributed by atoms with van der Waals surface area (Å²) < 4.78 is 2.04. The molecule has 0 aliphatic carbocycles. The molecule has 0 spiro atoms. The van der Waals surface area contributed by atoms with Crippen molar-refractivity contribution in [3.8, 4) is 0 Å². The summed E-state index contributed by atoms with van der Waals surface area (Å²) in [7, 11) is 1.97. The molecule has 132 valence electrons. The topological polar surface area (TPSA) is 88.3 Å². The number of aryl methyl sites for hydroxylation is 1. The van der Waals surface area contributed by atoms with Crippen LogP contribution in [-0.2, 0) is 7.05 Å². The van der Waals surface area contributed by atoms with Crippen LogP contribution in [0.15, 0.2) is 42.6 Å². The van der Waals surface area contributed by atoms with Crippen LogP contribution in [0, 0.1) is 0 Å². The number of carboxylic acid groups (broad SMARTS) is 1. The zero-order chi connectivity index (χ0) is 18.3.